The number of esters is 1. The molecule has 0 saturated heterocycles. The van der Waals surface area contributed by atoms with Crippen LogP contribution in [0.1, 0.15) is 15.9 Å². The lowest BCUT2D eigenvalue weighted by Gasteiger charge is -2.09. The molecule has 1 aromatic heterocycles. The highest BCUT2D eigenvalue weighted by molar-refractivity contribution is 7.07. The molecule has 0 aliphatic rings. The monoisotopic (exact) mass is 263 g/mol. The number of carbonyl (C=O) groups excluding carboxylic acids is 1. The van der Waals surface area contributed by atoms with E-state index in [9.17, 15) is 4.79 Å². The third-order valence-corrected chi connectivity index (χ3v) is 3.14. The quantitative estimate of drug-likeness (QED) is 0.680. The van der Waals surface area contributed by atoms with Gasteiger partial charge in [0.05, 0.1) is 18.4 Å². The third-order valence-electron chi connectivity index (χ3n) is 2.41. The zero-order valence-corrected chi connectivity index (χ0v) is 10.7. The van der Waals surface area contributed by atoms with Crippen molar-refractivity contribution in [2.75, 3.05) is 12.8 Å². The average Bonchev–Trinajstić information content (AvgIpc) is 2.89. The zero-order chi connectivity index (χ0) is 13.0. The van der Waals surface area contributed by atoms with E-state index < -0.39 is 5.97 Å². The summed E-state index contributed by atoms with van der Waals surface area (Å²) in [6.07, 6.45) is 0. The van der Waals surface area contributed by atoms with Crippen LogP contribution in [0.25, 0.3) is 0 Å². The number of hydrogen-bond acceptors (Lipinski definition) is 5. The summed E-state index contributed by atoms with van der Waals surface area (Å²) in [5.41, 5.74) is 7.76. The summed E-state index contributed by atoms with van der Waals surface area (Å²) < 4.78 is 10.2. The number of nitrogens with two attached hydrogens (primary N) is 1. The summed E-state index contributed by atoms with van der Waals surface area (Å²) in [6, 6.07) is 6.84. The van der Waals surface area contributed by atoms with Gasteiger partial charge in [-0.3, -0.25) is 0 Å². The van der Waals surface area contributed by atoms with Crippen LogP contribution < -0.4 is 10.5 Å². The maximum atomic E-state index is 11.3. The molecule has 0 unspecified atom stereocenters. The first kappa shape index (κ1) is 12.4. The molecule has 1 heterocycles. The van der Waals surface area contributed by atoms with E-state index >= 15 is 0 Å². The van der Waals surface area contributed by atoms with Crippen molar-refractivity contribution in [1.29, 1.82) is 0 Å². The normalized spacial score (nSPS) is 10.1. The van der Waals surface area contributed by atoms with Crippen LogP contribution in [0.4, 0.5) is 5.69 Å². The number of anilines is 1. The molecule has 0 aliphatic heterocycles. The van der Waals surface area contributed by atoms with Gasteiger partial charge in [-0.05, 0) is 40.6 Å². The van der Waals surface area contributed by atoms with Gasteiger partial charge in [-0.2, -0.15) is 11.3 Å². The fourth-order valence-corrected chi connectivity index (χ4v) is 2.11. The number of carbonyl (C=O) groups is 1. The van der Waals surface area contributed by atoms with E-state index in [1.165, 1.54) is 7.11 Å². The van der Waals surface area contributed by atoms with Crippen molar-refractivity contribution >= 4 is 23.0 Å². The fourth-order valence-electron chi connectivity index (χ4n) is 1.46. The number of ether oxygens (including phenoxy) is 2. The van der Waals surface area contributed by atoms with Gasteiger partial charge in [0.15, 0.2) is 0 Å². The van der Waals surface area contributed by atoms with Gasteiger partial charge >= 0.3 is 5.97 Å². The number of benzene rings is 1. The van der Waals surface area contributed by atoms with Crippen LogP contribution in [0, 0.1) is 0 Å². The van der Waals surface area contributed by atoms with Crippen LogP contribution >= 0.6 is 11.3 Å². The lowest BCUT2D eigenvalue weighted by molar-refractivity contribution is 0.0601. The molecule has 1 aromatic carbocycles. The average molecular weight is 263 g/mol. The lowest BCUT2D eigenvalue weighted by Crippen LogP contribution is -2.04. The Morgan fingerprint density at radius 3 is 2.83 bits per heavy atom. The summed E-state index contributed by atoms with van der Waals surface area (Å²) in [4.78, 5) is 11.3. The molecule has 0 fully saturated rings. The molecule has 94 valence electrons. The Morgan fingerprint density at radius 2 is 2.22 bits per heavy atom. The molecule has 0 amide bonds. The standard InChI is InChI=1S/C13H13NO3S/c1-16-13(15)10-2-3-12(11(14)6-10)17-7-9-4-5-18-8-9/h2-6,8H,7,14H2,1H3. The number of methoxy groups -OCH3 is 1. The predicted octanol–water partition coefficient (Wildman–Crippen LogP) is 2.70. The Labute approximate surface area is 109 Å². The highest BCUT2D eigenvalue weighted by Gasteiger charge is 2.08. The van der Waals surface area contributed by atoms with Crippen LogP contribution in [0.15, 0.2) is 35.0 Å². The lowest BCUT2D eigenvalue weighted by atomic mass is 10.2. The Balaban J connectivity index is 2.08. The maximum absolute atomic E-state index is 11.3. The largest absolute Gasteiger partial charge is 0.487 e. The van der Waals surface area contributed by atoms with Gasteiger partial charge in [0.1, 0.15) is 12.4 Å². The highest BCUT2D eigenvalue weighted by atomic mass is 32.1. The van der Waals surface area contributed by atoms with Crippen molar-refractivity contribution in [3.63, 3.8) is 0 Å². The smallest absolute Gasteiger partial charge is 0.337 e. The van der Waals surface area contributed by atoms with Crippen LogP contribution in [0.3, 0.4) is 0 Å². The summed E-state index contributed by atoms with van der Waals surface area (Å²) in [7, 11) is 1.33. The maximum Gasteiger partial charge on any atom is 0.337 e. The Morgan fingerprint density at radius 1 is 1.39 bits per heavy atom. The second-order valence-electron chi connectivity index (χ2n) is 3.66. The van der Waals surface area contributed by atoms with Gasteiger partial charge in [0.25, 0.3) is 0 Å². The number of rotatable bonds is 4. The highest BCUT2D eigenvalue weighted by Crippen LogP contribution is 2.24. The minimum absolute atomic E-state index is 0.411. The molecule has 0 aliphatic carbocycles. The summed E-state index contributed by atoms with van der Waals surface area (Å²) in [5, 5.41) is 4.00. The van der Waals surface area contributed by atoms with Crippen molar-refractivity contribution in [2.24, 2.45) is 0 Å². The zero-order valence-electron chi connectivity index (χ0n) is 9.88. The summed E-state index contributed by atoms with van der Waals surface area (Å²) >= 11 is 1.62. The molecule has 0 atom stereocenters. The van der Waals surface area contributed by atoms with Crippen LogP contribution in [0.2, 0.25) is 0 Å². The van der Waals surface area contributed by atoms with Crippen molar-refractivity contribution in [3.8, 4) is 5.75 Å². The molecule has 18 heavy (non-hydrogen) atoms. The molecular weight excluding hydrogens is 250 g/mol. The van der Waals surface area contributed by atoms with Crippen molar-refractivity contribution < 1.29 is 14.3 Å². The molecule has 0 bridgehead atoms. The second-order valence-corrected chi connectivity index (χ2v) is 4.44. The van der Waals surface area contributed by atoms with Crippen LogP contribution in [0.5, 0.6) is 5.75 Å². The molecule has 2 rings (SSSR count). The second kappa shape index (κ2) is 5.55. The first-order valence-electron chi connectivity index (χ1n) is 5.32. The fraction of sp³-hybridized carbons (Fsp3) is 0.154. The van der Waals surface area contributed by atoms with E-state index in [1.807, 2.05) is 16.8 Å². The van der Waals surface area contributed by atoms with E-state index in [0.29, 0.717) is 23.6 Å². The van der Waals surface area contributed by atoms with Gasteiger partial charge in [0.2, 0.25) is 0 Å². The number of thiophene rings is 1. The first-order chi connectivity index (χ1) is 8.70. The molecule has 5 heteroatoms. The van der Waals surface area contributed by atoms with Gasteiger partial charge in [-0.1, -0.05) is 0 Å². The number of nitrogen functional groups attached to an aromatic ring is 1. The first-order valence-corrected chi connectivity index (χ1v) is 6.26. The van der Waals surface area contributed by atoms with Crippen molar-refractivity contribution in [1.82, 2.24) is 0 Å². The summed E-state index contributed by atoms with van der Waals surface area (Å²) in [5.74, 6) is 0.153. The summed E-state index contributed by atoms with van der Waals surface area (Å²) in [6.45, 7) is 0.464. The van der Waals surface area contributed by atoms with Gasteiger partial charge in [-0.15, -0.1) is 0 Å². The molecule has 4 nitrogen and oxygen atoms in total. The minimum Gasteiger partial charge on any atom is -0.487 e. The topological polar surface area (TPSA) is 61.5 Å². The number of hydrogen-bond donors (Lipinski definition) is 1. The molecule has 0 radical (unpaired) electrons. The van der Waals surface area contributed by atoms with Gasteiger partial charge < -0.3 is 15.2 Å². The van der Waals surface area contributed by atoms with Gasteiger partial charge in [0, 0.05) is 0 Å². The van der Waals surface area contributed by atoms with E-state index in [-0.39, 0.29) is 0 Å². The Bertz CT molecular complexity index is 537. The van der Waals surface area contributed by atoms with E-state index in [1.54, 1.807) is 29.5 Å². The van der Waals surface area contributed by atoms with E-state index in [0.717, 1.165) is 5.56 Å². The molecule has 2 aromatic rings. The molecule has 0 saturated carbocycles. The van der Waals surface area contributed by atoms with Crippen molar-refractivity contribution in [2.45, 2.75) is 6.61 Å². The Hall–Kier alpha value is -2.01. The van der Waals surface area contributed by atoms with Crippen LogP contribution in [-0.4, -0.2) is 13.1 Å². The molecular formula is C13H13NO3S. The molecule has 2 N–H and O–H groups in total. The minimum atomic E-state index is -0.411. The third kappa shape index (κ3) is 2.81. The van der Waals surface area contributed by atoms with Crippen molar-refractivity contribution in [3.05, 3.63) is 46.2 Å². The predicted molar refractivity (Wildman–Crippen MR) is 70.8 cm³/mol. The SMILES string of the molecule is COC(=O)c1ccc(OCc2ccsc2)c(N)c1. The van der Waals surface area contributed by atoms with E-state index in [4.69, 9.17) is 10.5 Å². The van der Waals surface area contributed by atoms with Crippen LogP contribution in [-0.2, 0) is 11.3 Å². The molecule has 0 spiro atoms. The Kier molecular flexibility index (Phi) is 3.84. The van der Waals surface area contributed by atoms with Gasteiger partial charge in [-0.25, -0.2) is 4.79 Å². The van der Waals surface area contributed by atoms with E-state index in [2.05, 4.69) is 4.74 Å².